The molecular weight excluding hydrogens is 409 g/mol. The molecule has 0 bridgehead atoms. The number of benzene rings is 3. The molecule has 32 heavy (non-hydrogen) atoms. The second-order valence-corrected chi connectivity index (χ2v) is 6.91. The molecule has 0 fully saturated rings. The van der Waals surface area contributed by atoms with E-state index in [9.17, 15) is 19.2 Å². The van der Waals surface area contributed by atoms with Crippen molar-refractivity contribution < 1.29 is 18.7 Å². The highest BCUT2D eigenvalue weighted by Crippen LogP contribution is 2.16. The van der Waals surface area contributed by atoms with Gasteiger partial charge in [-0.1, -0.05) is 24.3 Å². The lowest BCUT2D eigenvalue weighted by atomic mass is 10.1. The van der Waals surface area contributed by atoms with Crippen LogP contribution >= 0.6 is 0 Å². The second kappa shape index (κ2) is 10.5. The maximum Gasteiger partial charge on any atom is 0.266 e. The molecule has 160 valence electrons. The van der Waals surface area contributed by atoms with E-state index in [2.05, 4.69) is 10.6 Å². The summed E-state index contributed by atoms with van der Waals surface area (Å²) in [7, 11) is 0. The molecule has 0 aromatic heterocycles. The molecule has 0 heterocycles. The zero-order valence-corrected chi connectivity index (χ0v) is 17.3. The fourth-order valence-electron chi connectivity index (χ4n) is 2.78. The minimum absolute atomic E-state index is 0.0427. The number of hydrogen-bond acceptors (Lipinski definition) is 4. The van der Waals surface area contributed by atoms with Crippen LogP contribution in [0, 0.1) is 24.1 Å². The zero-order valence-electron chi connectivity index (χ0n) is 17.3. The molecule has 2 amide bonds. The Hall–Kier alpha value is -4.44. The van der Waals surface area contributed by atoms with Crippen molar-refractivity contribution in [2.75, 3.05) is 17.2 Å². The van der Waals surface area contributed by atoms with Crippen LogP contribution in [0.15, 0.2) is 78.4 Å². The third kappa shape index (κ3) is 6.54. The molecule has 3 rings (SSSR count). The Bertz CT molecular complexity index is 1180. The number of carbonyl (C=O) groups excluding carboxylic acids is 2. The Morgan fingerprint density at radius 2 is 1.72 bits per heavy atom. The summed E-state index contributed by atoms with van der Waals surface area (Å²) in [6, 6.07) is 21.2. The highest BCUT2D eigenvalue weighted by Gasteiger charge is 2.10. The molecule has 2 N–H and O–H groups in total. The molecule has 0 radical (unpaired) electrons. The average molecular weight is 429 g/mol. The van der Waals surface area contributed by atoms with Crippen molar-refractivity contribution in [2.24, 2.45) is 0 Å². The first-order valence-corrected chi connectivity index (χ1v) is 9.71. The van der Waals surface area contributed by atoms with E-state index in [4.69, 9.17) is 4.74 Å². The molecule has 0 aliphatic rings. The van der Waals surface area contributed by atoms with Crippen molar-refractivity contribution in [2.45, 2.75) is 6.92 Å². The van der Waals surface area contributed by atoms with Gasteiger partial charge in [-0.15, -0.1) is 0 Å². The predicted octanol–water partition coefficient (Wildman–Crippen LogP) is 4.70. The number of amides is 2. The van der Waals surface area contributed by atoms with Crippen LogP contribution in [0.3, 0.4) is 0 Å². The maximum atomic E-state index is 12.9. The number of nitriles is 1. The van der Waals surface area contributed by atoms with E-state index < -0.39 is 5.91 Å². The number of nitrogens with one attached hydrogen (secondary N) is 2. The monoisotopic (exact) mass is 429 g/mol. The van der Waals surface area contributed by atoms with Gasteiger partial charge < -0.3 is 15.4 Å². The minimum Gasteiger partial charge on any atom is -0.484 e. The van der Waals surface area contributed by atoms with Gasteiger partial charge in [0.2, 0.25) is 0 Å². The smallest absolute Gasteiger partial charge is 0.266 e. The molecule has 6 nitrogen and oxygen atoms in total. The van der Waals surface area contributed by atoms with Gasteiger partial charge in [-0.3, -0.25) is 9.59 Å². The molecular formula is C25H20FN3O3. The molecule has 0 saturated carbocycles. The SMILES string of the molecule is Cc1cccc(NC(=O)/C(C#N)=C/c2ccc(OCC(=O)Nc3ccc(F)cc3)cc2)c1. The summed E-state index contributed by atoms with van der Waals surface area (Å²) >= 11 is 0. The normalized spacial score (nSPS) is 10.7. The van der Waals surface area contributed by atoms with Gasteiger partial charge in [-0.2, -0.15) is 5.26 Å². The first kappa shape index (κ1) is 22.2. The van der Waals surface area contributed by atoms with Crippen LogP contribution in [-0.2, 0) is 9.59 Å². The first-order chi connectivity index (χ1) is 15.4. The van der Waals surface area contributed by atoms with Crippen LogP contribution in [0.1, 0.15) is 11.1 Å². The Labute approximate surface area is 185 Å². The van der Waals surface area contributed by atoms with E-state index in [0.29, 0.717) is 22.7 Å². The predicted molar refractivity (Wildman–Crippen MR) is 120 cm³/mol. The number of aryl methyl sites for hydroxylation is 1. The van der Waals surface area contributed by atoms with Gasteiger partial charge in [-0.25, -0.2) is 4.39 Å². The maximum absolute atomic E-state index is 12.9. The number of halogens is 1. The van der Waals surface area contributed by atoms with Crippen molar-refractivity contribution in [3.05, 3.63) is 95.3 Å². The average Bonchev–Trinajstić information content (AvgIpc) is 2.78. The number of anilines is 2. The number of hydrogen-bond donors (Lipinski definition) is 2. The van der Waals surface area contributed by atoms with E-state index in [1.165, 1.54) is 30.3 Å². The van der Waals surface area contributed by atoms with Crippen LogP contribution in [0.5, 0.6) is 5.75 Å². The van der Waals surface area contributed by atoms with Crippen LogP contribution < -0.4 is 15.4 Å². The summed E-state index contributed by atoms with van der Waals surface area (Å²) in [4.78, 5) is 24.3. The van der Waals surface area contributed by atoms with Crippen LogP contribution in [0.4, 0.5) is 15.8 Å². The first-order valence-electron chi connectivity index (χ1n) is 9.71. The largest absolute Gasteiger partial charge is 0.484 e. The molecule has 3 aromatic rings. The number of carbonyl (C=O) groups is 2. The number of nitrogens with zero attached hydrogens (tertiary/aromatic N) is 1. The molecule has 0 atom stereocenters. The van der Waals surface area contributed by atoms with E-state index in [1.54, 1.807) is 30.3 Å². The van der Waals surface area contributed by atoms with Gasteiger partial charge in [-0.05, 0) is 72.7 Å². The summed E-state index contributed by atoms with van der Waals surface area (Å²) in [5, 5.41) is 14.7. The lowest BCUT2D eigenvalue weighted by Crippen LogP contribution is -2.20. The van der Waals surface area contributed by atoms with Gasteiger partial charge in [0.05, 0.1) is 0 Å². The van der Waals surface area contributed by atoms with Crippen molar-refractivity contribution in [1.29, 1.82) is 5.26 Å². The van der Waals surface area contributed by atoms with Crippen LogP contribution in [-0.4, -0.2) is 18.4 Å². The number of rotatable bonds is 7. The molecule has 0 aliphatic heterocycles. The van der Waals surface area contributed by atoms with Crippen molar-refractivity contribution in [1.82, 2.24) is 0 Å². The van der Waals surface area contributed by atoms with Gasteiger partial charge in [0, 0.05) is 11.4 Å². The van der Waals surface area contributed by atoms with E-state index in [0.717, 1.165) is 5.56 Å². The van der Waals surface area contributed by atoms with E-state index >= 15 is 0 Å². The van der Waals surface area contributed by atoms with Crippen LogP contribution in [0.2, 0.25) is 0 Å². The summed E-state index contributed by atoms with van der Waals surface area (Å²) < 4.78 is 18.3. The molecule has 0 aliphatic carbocycles. The Kier molecular flexibility index (Phi) is 7.33. The van der Waals surface area contributed by atoms with Crippen molar-refractivity contribution >= 4 is 29.3 Å². The lowest BCUT2D eigenvalue weighted by Gasteiger charge is -2.08. The molecule has 0 spiro atoms. The highest BCUT2D eigenvalue weighted by molar-refractivity contribution is 6.09. The summed E-state index contributed by atoms with van der Waals surface area (Å²) in [6.07, 6.45) is 1.47. The van der Waals surface area contributed by atoms with Crippen LogP contribution in [0.25, 0.3) is 6.08 Å². The summed E-state index contributed by atoms with van der Waals surface area (Å²) in [5.41, 5.74) is 2.65. The zero-order chi connectivity index (χ0) is 22.9. The molecule has 0 saturated heterocycles. The van der Waals surface area contributed by atoms with Gasteiger partial charge >= 0.3 is 0 Å². The third-order valence-corrected chi connectivity index (χ3v) is 4.33. The minimum atomic E-state index is -0.504. The Balaban J connectivity index is 1.57. The Morgan fingerprint density at radius 3 is 2.38 bits per heavy atom. The third-order valence-electron chi connectivity index (χ3n) is 4.33. The molecule has 3 aromatic carbocycles. The molecule has 0 unspecified atom stereocenters. The van der Waals surface area contributed by atoms with E-state index in [-0.39, 0.29) is 23.9 Å². The van der Waals surface area contributed by atoms with Gasteiger partial charge in [0.25, 0.3) is 11.8 Å². The fraction of sp³-hybridized carbons (Fsp3) is 0.0800. The quantitative estimate of drug-likeness (QED) is 0.421. The van der Waals surface area contributed by atoms with Crippen molar-refractivity contribution in [3.63, 3.8) is 0 Å². The summed E-state index contributed by atoms with van der Waals surface area (Å²) in [6.45, 7) is 1.68. The summed E-state index contributed by atoms with van der Waals surface area (Å²) in [5.74, 6) is -0.837. The lowest BCUT2D eigenvalue weighted by molar-refractivity contribution is -0.118. The molecule has 7 heteroatoms. The fourth-order valence-corrected chi connectivity index (χ4v) is 2.78. The highest BCUT2D eigenvalue weighted by atomic mass is 19.1. The van der Waals surface area contributed by atoms with Gasteiger partial charge in [0.1, 0.15) is 23.2 Å². The second-order valence-electron chi connectivity index (χ2n) is 6.91. The number of ether oxygens (including phenoxy) is 1. The topological polar surface area (TPSA) is 91.2 Å². The van der Waals surface area contributed by atoms with Gasteiger partial charge in [0.15, 0.2) is 6.61 Å². The Morgan fingerprint density at radius 1 is 1.00 bits per heavy atom. The van der Waals surface area contributed by atoms with Crippen molar-refractivity contribution in [3.8, 4) is 11.8 Å². The standard InChI is InChI=1S/C25H20FN3O3/c1-17-3-2-4-22(13-17)29-25(31)19(15-27)14-18-5-11-23(12-6-18)32-16-24(30)28-21-9-7-20(26)8-10-21/h2-14H,16H2,1H3,(H,28,30)(H,29,31)/b19-14+. The van der Waals surface area contributed by atoms with E-state index in [1.807, 2.05) is 31.2 Å².